The highest BCUT2D eigenvalue weighted by Gasteiger charge is 2.35. The van der Waals surface area contributed by atoms with Gasteiger partial charge in [-0.1, -0.05) is 12.8 Å². The lowest BCUT2D eigenvalue weighted by molar-refractivity contribution is -0.127. The molecule has 0 spiro atoms. The van der Waals surface area contributed by atoms with Gasteiger partial charge in [0.15, 0.2) is 0 Å². The van der Waals surface area contributed by atoms with Crippen molar-refractivity contribution < 1.29 is 17.6 Å². The summed E-state index contributed by atoms with van der Waals surface area (Å²) in [5.41, 5.74) is 5.84. The van der Waals surface area contributed by atoms with Crippen LogP contribution < -0.4 is 11.1 Å². The molecule has 150 valence electrons. The number of sulfonamides is 1. The van der Waals surface area contributed by atoms with E-state index in [4.69, 9.17) is 5.73 Å². The number of halogens is 1. The van der Waals surface area contributed by atoms with Crippen molar-refractivity contribution in [1.29, 1.82) is 0 Å². The van der Waals surface area contributed by atoms with Crippen LogP contribution in [0.5, 0.6) is 0 Å². The van der Waals surface area contributed by atoms with Crippen molar-refractivity contribution in [3.05, 3.63) is 30.1 Å². The molecule has 1 aliphatic carbocycles. The molecule has 1 aliphatic heterocycles. The van der Waals surface area contributed by atoms with E-state index in [1.54, 1.807) is 0 Å². The van der Waals surface area contributed by atoms with Crippen molar-refractivity contribution in [3.63, 3.8) is 0 Å². The van der Waals surface area contributed by atoms with E-state index in [0.717, 1.165) is 37.8 Å². The molecule has 1 heterocycles. The van der Waals surface area contributed by atoms with Crippen LogP contribution in [0.15, 0.2) is 29.2 Å². The van der Waals surface area contributed by atoms with Gasteiger partial charge in [-0.3, -0.25) is 4.79 Å². The fraction of sp³-hybridized carbons (Fsp3) is 0.632. The number of benzene rings is 1. The lowest BCUT2D eigenvalue weighted by Gasteiger charge is -2.35. The molecule has 1 aromatic rings. The minimum Gasteiger partial charge on any atom is -0.353 e. The van der Waals surface area contributed by atoms with Gasteiger partial charge in [0.05, 0.1) is 10.8 Å². The summed E-state index contributed by atoms with van der Waals surface area (Å²) in [6.07, 6.45) is 5.47. The number of carbonyl (C=O) groups is 1. The Morgan fingerprint density at radius 1 is 1.15 bits per heavy atom. The summed E-state index contributed by atoms with van der Waals surface area (Å²) >= 11 is 0. The van der Waals surface area contributed by atoms with Gasteiger partial charge < -0.3 is 11.1 Å². The predicted octanol–water partition coefficient (Wildman–Crippen LogP) is 1.86. The Labute approximate surface area is 160 Å². The third-order valence-corrected chi connectivity index (χ3v) is 7.63. The van der Waals surface area contributed by atoms with Crippen LogP contribution in [0, 0.1) is 17.7 Å². The van der Waals surface area contributed by atoms with Crippen molar-refractivity contribution in [3.8, 4) is 0 Å². The largest absolute Gasteiger partial charge is 0.353 e. The minimum absolute atomic E-state index is 0.0560. The topological polar surface area (TPSA) is 92.5 Å². The second-order valence-corrected chi connectivity index (χ2v) is 9.49. The van der Waals surface area contributed by atoms with Crippen LogP contribution >= 0.6 is 0 Å². The third-order valence-electron chi connectivity index (χ3n) is 5.75. The number of carbonyl (C=O) groups excluding carboxylic acids is 1. The Hall–Kier alpha value is -1.51. The monoisotopic (exact) mass is 397 g/mol. The highest BCUT2D eigenvalue weighted by molar-refractivity contribution is 7.89. The molecule has 1 aromatic carbocycles. The van der Waals surface area contributed by atoms with Crippen molar-refractivity contribution in [2.45, 2.75) is 49.5 Å². The molecule has 3 unspecified atom stereocenters. The predicted molar refractivity (Wildman–Crippen MR) is 101 cm³/mol. The van der Waals surface area contributed by atoms with Crippen molar-refractivity contribution >= 4 is 15.9 Å². The second-order valence-electron chi connectivity index (χ2n) is 7.55. The van der Waals surface area contributed by atoms with Crippen LogP contribution in [0.2, 0.25) is 0 Å². The first-order valence-corrected chi connectivity index (χ1v) is 11.1. The summed E-state index contributed by atoms with van der Waals surface area (Å²) in [7, 11) is -3.73. The SMILES string of the molecule is NCC1CCCCC1NC(=O)C1CCCN(S(=O)(=O)c2ccc(F)cc2)C1. The Kier molecular flexibility index (Phi) is 6.49. The quantitative estimate of drug-likeness (QED) is 0.793. The average molecular weight is 398 g/mol. The molecule has 8 heteroatoms. The number of nitrogens with two attached hydrogens (primary N) is 1. The maximum Gasteiger partial charge on any atom is 0.243 e. The lowest BCUT2D eigenvalue weighted by Crippen LogP contribution is -2.50. The zero-order chi connectivity index (χ0) is 19.4. The van der Waals surface area contributed by atoms with Crippen LogP contribution in [0.25, 0.3) is 0 Å². The smallest absolute Gasteiger partial charge is 0.243 e. The summed E-state index contributed by atoms with van der Waals surface area (Å²) in [4.78, 5) is 12.8. The highest BCUT2D eigenvalue weighted by Crippen LogP contribution is 2.27. The molecule has 0 radical (unpaired) electrons. The maximum atomic E-state index is 13.1. The molecule has 6 nitrogen and oxygen atoms in total. The molecule has 1 saturated carbocycles. The van der Waals surface area contributed by atoms with E-state index in [2.05, 4.69) is 5.32 Å². The lowest BCUT2D eigenvalue weighted by atomic mass is 9.84. The van der Waals surface area contributed by atoms with Crippen molar-refractivity contribution in [1.82, 2.24) is 9.62 Å². The van der Waals surface area contributed by atoms with Gasteiger partial charge in [-0.15, -0.1) is 0 Å². The molecular weight excluding hydrogens is 369 g/mol. The van der Waals surface area contributed by atoms with Gasteiger partial charge in [0.2, 0.25) is 15.9 Å². The number of rotatable bonds is 5. The van der Waals surface area contributed by atoms with E-state index in [9.17, 15) is 17.6 Å². The first kappa shape index (κ1) is 20.2. The van der Waals surface area contributed by atoms with Gasteiger partial charge in [-0.2, -0.15) is 4.31 Å². The fourth-order valence-electron chi connectivity index (χ4n) is 4.11. The zero-order valence-corrected chi connectivity index (χ0v) is 16.3. The third kappa shape index (κ3) is 4.67. The number of hydrogen-bond donors (Lipinski definition) is 2. The zero-order valence-electron chi connectivity index (χ0n) is 15.4. The Morgan fingerprint density at radius 3 is 2.56 bits per heavy atom. The Bertz CT molecular complexity index is 754. The van der Waals surface area contributed by atoms with Crippen LogP contribution in [0.1, 0.15) is 38.5 Å². The molecule has 1 amide bonds. The van der Waals surface area contributed by atoms with Crippen LogP contribution in [0.3, 0.4) is 0 Å². The molecule has 3 N–H and O–H groups in total. The molecule has 2 aliphatic rings. The number of hydrogen-bond acceptors (Lipinski definition) is 4. The van der Waals surface area contributed by atoms with E-state index in [0.29, 0.717) is 31.8 Å². The summed E-state index contributed by atoms with van der Waals surface area (Å²) < 4.78 is 40.1. The summed E-state index contributed by atoms with van der Waals surface area (Å²) in [5, 5.41) is 3.12. The molecule has 1 saturated heterocycles. The van der Waals surface area contributed by atoms with Crippen LogP contribution in [-0.4, -0.2) is 44.3 Å². The molecule has 3 atom stereocenters. The highest BCUT2D eigenvalue weighted by atomic mass is 32.2. The van der Waals surface area contributed by atoms with Gasteiger partial charge in [0.25, 0.3) is 0 Å². The van der Waals surface area contributed by atoms with Crippen molar-refractivity contribution in [2.75, 3.05) is 19.6 Å². The van der Waals surface area contributed by atoms with E-state index >= 15 is 0 Å². The first-order valence-electron chi connectivity index (χ1n) is 9.68. The molecule has 3 rings (SSSR count). The first-order chi connectivity index (χ1) is 12.9. The second kappa shape index (κ2) is 8.67. The molecule has 0 bridgehead atoms. The standard InChI is InChI=1S/C19H28FN3O3S/c20-16-7-9-17(10-8-16)27(25,26)23-11-3-5-15(13-23)19(24)22-18-6-2-1-4-14(18)12-21/h7-10,14-15,18H,1-6,11-13,21H2,(H,22,24). The normalized spacial score (nSPS) is 27.3. The number of nitrogens with one attached hydrogen (secondary N) is 1. The number of nitrogens with zero attached hydrogens (tertiary/aromatic N) is 1. The van der Waals surface area contributed by atoms with Crippen LogP contribution in [-0.2, 0) is 14.8 Å². The maximum absolute atomic E-state index is 13.1. The van der Waals surface area contributed by atoms with E-state index < -0.39 is 15.8 Å². The summed E-state index contributed by atoms with van der Waals surface area (Å²) in [6.45, 7) is 1.09. The average Bonchev–Trinajstić information content (AvgIpc) is 2.69. The summed E-state index contributed by atoms with van der Waals surface area (Å²) in [5.74, 6) is -0.634. The minimum atomic E-state index is -3.73. The van der Waals surface area contributed by atoms with Gasteiger partial charge >= 0.3 is 0 Å². The molecule has 0 aromatic heterocycles. The van der Waals surface area contributed by atoms with Gasteiger partial charge in [-0.05, 0) is 62.4 Å². The fourth-order valence-corrected chi connectivity index (χ4v) is 5.63. The van der Waals surface area contributed by atoms with Gasteiger partial charge in [0, 0.05) is 19.1 Å². The Balaban J connectivity index is 1.66. The van der Waals surface area contributed by atoms with E-state index in [1.807, 2.05) is 0 Å². The van der Waals surface area contributed by atoms with Gasteiger partial charge in [0.1, 0.15) is 5.82 Å². The van der Waals surface area contributed by atoms with Crippen molar-refractivity contribution in [2.24, 2.45) is 17.6 Å². The Morgan fingerprint density at radius 2 is 1.85 bits per heavy atom. The summed E-state index contributed by atoms with van der Waals surface area (Å²) in [6, 6.07) is 4.89. The van der Waals surface area contributed by atoms with Crippen LogP contribution in [0.4, 0.5) is 4.39 Å². The molecule has 27 heavy (non-hydrogen) atoms. The number of piperidine rings is 1. The number of amides is 1. The molecular formula is C19H28FN3O3S. The van der Waals surface area contributed by atoms with Gasteiger partial charge in [-0.25, -0.2) is 12.8 Å². The van der Waals surface area contributed by atoms with E-state index in [-0.39, 0.29) is 29.3 Å². The van der Waals surface area contributed by atoms with E-state index in [1.165, 1.54) is 16.4 Å². The molecule has 2 fully saturated rings.